The van der Waals surface area contributed by atoms with Crippen LogP contribution in [0.5, 0.6) is 0 Å². The van der Waals surface area contributed by atoms with E-state index in [0.29, 0.717) is 19.4 Å². The quantitative estimate of drug-likeness (QED) is 0.433. The molecule has 4 N–H and O–H groups in total. The van der Waals surface area contributed by atoms with E-state index in [-0.39, 0.29) is 44.1 Å². The number of rotatable bonds is 2. The van der Waals surface area contributed by atoms with Gasteiger partial charge in [-0.3, -0.25) is 14.4 Å². The van der Waals surface area contributed by atoms with Gasteiger partial charge < -0.3 is 29.9 Å². The Bertz CT molecular complexity index is 1030. The Morgan fingerprint density at radius 3 is 2.34 bits per heavy atom. The van der Waals surface area contributed by atoms with Crippen molar-refractivity contribution in [2.24, 2.45) is 0 Å². The van der Waals surface area contributed by atoms with Crippen molar-refractivity contribution in [1.82, 2.24) is 20.0 Å². The largest absolute Gasteiger partial charge is 0.388 e. The summed E-state index contributed by atoms with van der Waals surface area (Å²) in [6, 6.07) is 7.33. The van der Waals surface area contributed by atoms with Gasteiger partial charge in [0.15, 0.2) is 0 Å². The van der Waals surface area contributed by atoms with Gasteiger partial charge in [-0.2, -0.15) is 5.10 Å². The molecule has 1 aliphatic rings. The van der Waals surface area contributed by atoms with E-state index in [2.05, 4.69) is 10.2 Å². The molecule has 2 heterocycles. The Balaban J connectivity index is 1.84. The number of aromatic nitrogens is 2. The van der Waals surface area contributed by atoms with Crippen molar-refractivity contribution in [3.8, 4) is 0 Å². The number of halogens is 1. The van der Waals surface area contributed by atoms with Crippen LogP contribution in [0.1, 0.15) is 33.7 Å². The van der Waals surface area contributed by atoms with E-state index in [1.807, 2.05) is 0 Å². The molecule has 1 aromatic carbocycles. The Hall–Kier alpha value is -3.19. The summed E-state index contributed by atoms with van der Waals surface area (Å²) in [5.41, 5.74) is -0.277. The van der Waals surface area contributed by atoms with E-state index in [0.717, 1.165) is 12.1 Å². The number of carbonyl (C=O) groups excluding carboxylic acids is 2. The standard InChI is InChI=1S/C23H29FN4O7/c24-16-5-3-15(4-6-16)22(33)28-11-10-27(23(34)17-7-8-20(31)26-25-17)9-1-2-12-35-14-19(30)21(32)18(29)13-28/h3-8,18-19,21,29-30,32H,1-2,9-14H2,(H,26,31)/t18-,19+,21+/m0/s1. The molecule has 0 radical (unpaired) electrons. The number of nitrogens with zero attached hydrogens (tertiary/aromatic N) is 3. The lowest BCUT2D eigenvalue weighted by atomic mass is 10.1. The Kier molecular flexibility index (Phi) is 9.43. The van der Waals surface area contributed by atoms with E-state index >= 15 is 0 Å². The first-order chi connectivity index (χ1) is 16.8. The van der Waals surface area contributed by atoms with E-state index < -0.39 is 41.5 Å². The molecule has 190 valence electrons. The Morgan fingerprint density at radius 1 is 0.943 bits per heavy atom. The number of ether oxygens (including phenoxy) is 1. The maximum atomic E-state index is 13.3. The molecule has 1 aliphatic heterocycles. The first-order valence-electron chi connectivity index (χ1n) is 11.3. The molecular weight excluding hydrogens is 463 g/mol. The normalized spacial score (nSPS) is 22.9. The summed E-state index contributed by atoms with van der Waals surface area (Å²) in [7, 11) is 0. The van der Waals surface area contributed by atoms with Crippen LogP contribution in [0.25, 0.3) is 0 Å². The van der Waals surface area contributed by atoms with Crippen molar-refractivity contribution in [1.29, 1.82) is 0 Å². The van der Waals surface area contributed by atoms with Crippen LogP contribution in [0.4, 0.5) is 4.39 Å². The van der Waals surface area contributed by atoms with Crippen LogP contribution in [-0.4, -0.2) is 105 Å². The topological polar surface area (TPSA) is 156 Å². The minimum absolute atomic E-state index is 0.0250. The molecular formula is C23H29FN4O7. The van der Waals surface area contributed by atoms with E-state index in [9.17, 15) is 34.1 Å². The molecule has 35 heavy (non-hydrogen) atoms. The summed E-state index contributed by atoms with van der Waals surface area (Å²) in [5, 5.41) is 36.9. The van der Waals surface area contributed by atoms with Crippen LogP contribution in [0.15, 0.2) is 41.2 Å². The van der Waals surface area contributed by atoms with Gasteiger partial charge >= 0.3 is 0 Å². The third kappa shape index (κ3) is 7.39. The average Bonchev–Trinajstić information content (AvgIpc) is 2.85. The number of amides is 2. The van der Waals surface area contributed by atoms with Gasteiger partial charge in [0.1, 0.15) is 29.8 Å². The molecule has 1 saturated heterocycles. The Labute approximate surface area is 200 Å². The van der Waals surface area contributed by atoms with Crippen LogP contribution >= 0.6 is 0 Å². The molecule has 12 heteroatoms. The number of hydrogen-bond acceptors (Lipinski definition) is 8. The zero-order valence-electron chi connectivity index (χ0n) is 19.0. The summed E-state index contributed by atoms with van der Waals surface area (Å²) >= 11 is 0. The molecule has 11 nitrogen and oxygen atoms in total. The summed E-state index contributed by atoms with van der Waals surface area (Å²) < 4.78 is 18.7. The number of aliphatic hydroxyl groups excluding tert-OH is 3. The molecule has 1 aromatic heterocycles. The lowest BCUT2D eigenvalue weighted by molar-refractivity contribution is -0.0932. The highest BCUT2D eigenvalue weighted by molar-refractivity contribution is 5.94. The van der Waals surface area contributed by atoms with Crippen LogP contribution < -0.4 is 5.56 Å². The summed E-state index contributed by atoms with van der Waals surface area (Å²) in [4.78, 5) is 40.2. The van der Waals surface area contributed by atoms with Gasteiger partial charge in [0.2, 0.25) is 0 Å². The molecule has 0 unspecified atom stereocenters. The molecule has 0 spiro atoms. The number of H-pyrrole nitrogens is 1. The molecule has 0 bridgehead atoms. The van der Waals surface area contributed by atoms with Gasteiger partial charge in [-0.1, -0.05) is 0 Å². The average molecular weight is 493 g/mol. The van der Waals surface area contributed by atoms with Crippen molar-refractivity contribution >= 4 is 11.8 Å². The molecule has 0 aliphatic carbocycles. The number of nitrogens with one attached hydrogen (secondary N) is 1. The minimum Gasteiger partial charge on any atom is -0.388 e. The fourth-order valence-electron chi connectivity index (χ4n) is 3.63. The maximum Gasteiger partial charge on any atom is 0.274 e. The van der Waals surface area contributed by atoms with E-state index in [4.69, 9.17) is 4.74 Å². The number of aromatic amines is 1. The van der Waals surface area contributed by atoms with Crippen molar-refractivity contribution in [2.75, 3.05) is 39.4 Å². The van der Waals surface area contributed by atoms with Crippen molar-refractivity contribution in [3.63, 3.8) is 0 Å². The van der Waals surface area contributed by atoms with Gasteiger partial charge in [-0.25, -0.2) is 9.49 Å². The fourth-order valence-corrected chi connectivity index (χ4v) is 3.63. The van der Waals surface area contributed by atoms with Crippen molar-refractivity contribution in [3.05, 3.63) is 63.8 Å². The minimum atomic E-state index is -1.58. The fraction of sp³-hybridized carbons (Fsp3) is 0.478. The maximum absolute atomic E-state index is 13.3. The number of β-amino-alcohol motifs (C(OH)–C–C–N with tert-alkyl or cyclic N) is 1. The highest BCUT2D eigenvalue weighted by Crippen LogP contribution is 2.12. The number of aliphatic hydroxyl groups is 3. The first kappa shape index (κ1) is 26.4. The van der Waals surface area contributed by atoms with E-state index in [1.54, 1.807) is 0 Å². The van der Waals surface area contributed by atoms with Crippen LogP contribution in [0, 0.1) is 5.82 Å². The lowest BCUT2D eigenvalue weighted by Gasteiger charge is -2.32. The van der Waals surface area contributed by atoms with Crippen LogP contribution in [0.2, 0.25) is 0 Å². The molecule has 3 rings (SSSR count). The van der Waals surface area contributed by atoms with Gasteiger partial charge in [0.25, 0.3) is 17.4 Å². The lowest BCUT2D eigenvalue weighted by Crippen LogP contribution is -2.50. The van der Waals surface area contributed by atoms with Crippen molar-refractivity contribution < 1.29 is 34.0 Å². The molecule has 1 fully saturated rings. The highest BCUT2D eigenvalue weighted by Gasteiger charge is 2.30. The SMILES string of the molecule is O=C(c1ccc(F)cc1)N1CCN(C(=O)c2ccc(=O)[nH]n2)CCCCOC[C@@H](O)[C@H](O)[C@@H](O)C1. The van der Waals surface area contributed by atoms with Crippen LogP contribution in [-0.2, 0) is 4.74 Å². The highest BCUT2D eigenvalue weighted by atomic mass is 19.1. The van der Waals surface area contributed by atoms with Gasteiger partial charge in [0, 0.05) is 44.4 Å². The van der Waals surface area contributed by atoms with E-state index in [1.165, 1.54) is 34.1 Å². The van der Waals surface area contributed by atoms with Crippen LogP contribution in [0.3, 0.4) is 0 Å². The molecule has 2 amide bonds. The zero-order chi connectivity index (χ0) is 25.4. The molecule has 2 aromatic rings. The second-order valence-corrected chi connectivity index (χ2v) is 8.26. The summed E-state index contributed by atoms with van der Waals surface area (Å²) in [5.74, 6) is -1.53. The zero-order valence-corrected chi connectivity index (χ0v) is 19.0. The molecule has 0 saturated carbocycles. The third-order valence-electron chi connectivity index (χ3n) is 5.65. The predicted octanol–water partition coefficient (Wildman–Crippen LogP) is -0.613. The third-order valence-corrected chi connectivity index (χ3v) is 5.65. The smallest absolute Gasteiger partial charge is 0.274 e. The molecule has 3 atom stereocenters. The van der Waals surface area contributed by atoms with Gasteiger partial charge in [-0.05, 0) is 43.2 Å². The predicted molar refractivity (Wildman–Crippen MR) is 121 cm³/mol. The summed E-state index contributed by atoms with van der Waals surface area (Å²) in [6.07, 6.45) is -3.36. The van der Waals surface area contributed by atoms with Gasteiger partial charge in [-0.15, -0.1) is 0 Å². The second-order valence-electron chi connectivity index (χ2n) is 8.26. The summed E-state index contributed by atoms with van der Waals surface area (Å²) in [6.45, 7) is 0.0330. The second kappa shape index (κ2) is 12.5. The van der Waals surface area contributed by atoms with Crippen molar-refractivity contribution in [2.45, 2.75) is 31.2 Å². The van der Waals surface area contributed by atoms with Gasteiger partial charge in [0.05, 0.1) is 6.61 Å². The number of benzene rings is 1. The first-order valence-corrected chi connectivity index (χ1v) is 11.3. The number of hydrogen-bond donors (Lipinski definition) is 4. The monoisotopic (exact) mass is 492 g/mol. The number of carbonyl (C=O) groups is 2. The Morgan fingerprint density at radius 2 is 1.66 bits per heavy atom.